The molecule has 0 saturated carbocycles. The summed E-state index contributed by atoms with van der Waals surface area (Å²) in [5, 5.41) is 12.2. The third-order valence-electron chi connectivity index (χ3n) is 4.98. The third kappa shape index (κ3) is 4.73. The van der Waals surface area contributed by atoms with Crippen LogP contribution in [0.2, 0.25) is 5.02 Å². The zero-order valence-corrected chi connectivity index (χ0v) is 18.5. The van der Waals surface area contributed by atoms with Gasteiger partial charge in [-0.05, 0) is 42.0 Å². The smallest absolute Gasteiger partial charge is 0.416 e. The van der Waals surface area contributed by atoms with Gasteiger partial charge in [0.05, 0.1) is 40.7 Å². The fourth-order valence-corrected chi connectivity index (χ4v) is 3.97. The van der Waals surface area contributed by atoms with Crippen LogP contribution in [0.3, 0.4) is 0 Å². The molecule has 0 radical (unpaired) electrons. The highest BCUT2D eigenvalue weighted by molar-refractivity contribution is 7.80. The van der Waals surface area contributed by atoms with Crippen molar-refractivity contribution in [2.45, 2.75) is 17.7 Å². The number of nitrogens with one attached hydrogen (secondary N) is 1. The van der Waals surface area contributed by atoms with Crippen molar-refractivity contribution in [1.29, 1.82) is 0 Å². The highest BCUT2D eigenvalue weighted by atomic mass is 35.5. The van der Waals surface area contributed by atoms with Gasteiger partial charge in [0.1, 0.15) is 6.61 Å². The lowest BCUT2D eigenvalue weighted by Gasteiger charge is -2.32. The van der Waals surface area contributed by atoms with Crippen molar-refractivity contribution in [2.24, 2.45) is 0 Å². The van der Waals surface area contributed by atoms with Crippen molar-refractivity contribution >= 4 is 47.3 Å². The normalized spacial score (nSPS) is 13.3. The molecule has 1 aliphatic rings. The Morgan fingerprint density at radius 1 is 1.27 bits per heavy atom. The van der Waals surface area contributed by atoms with Crippen LogP contribution < -0.4 is 15.0 Å². The van der Waals surface area contributed by atoms with Gasteiger partial charge in [-0.2, -0.15) is 13.2 Å². The quantitative estimate of drug-likeness (QED) is 0.427. The van der Waals surface area contributed by atoms with E-state index in [9.17, 15) is 23.1 Å². The number of aliphatic hydroxyl groups excluding tert-OH is 1. The Balaban J connectivity index is 1.65. The van der Waals surface area contributed by atoms with Crippen molar-refractivity contribution in [2.75, 3.05) is 23.4 Å². The summed E-state index contributed by atoms with van der Waals surface area (Å²) in [4.78, 5) is 19.1. The molecule has 0 unspecified atom stereocenters. The molecule has 3 aromatic rings. The molecule has 4 rings (SSSR count). The standard InChI is InChI=1S/C22H17ClF3N3O3S/c23-15-8-12(11-30)10-27-20(15)29-6-7-32-19-14(2-1-3-17(19)29)21(31)28-16-5-4-13(9-18(16)33)22(24,25)26/h1-5,8-10,30,33H,6-7,11H2,(H,28,31). The Labute approximate surface area is 197 Å². The van der Waals surface area contributed by atoms with E-state index in [0.717, 1.165) is 18.2 Å². The molecule has 0 spiro atoms. The van der Waals surface area contributed by atoms with Crippen LogP contribution in [0, 0.1) is 0 Å². The SMILES string of the molecule is O=C(Nc1ccc(C(F)(F)F)cc1S)c1cccc2c1OCCN2c1ncc(CO)cc1Cl. The Morgan fingerprint density at radius 2 is 2.06 bits per heavy atom. The average molecular weight is 496 g/mol. The highest BCUT2D eigenvalue weighted by Gasteiger charge is 2.31. The lowest BCUT2D eigenvalue weighted by Crippen LogP contribution is -2.31. The summed E-state index contributed by atoms with van der Waals surface area (Å²) in [5.41, 5.74) is 0.569. The van der Waals surface area contributed by atoms with Crippen molar-refractivity contribution in [3.63, 3.8) is 0 Å². The maximum atomic E-state index is 13.0. The predicted molar refractivity (Wildman–Crippen MR) is 121 cm³/mol. The van der Waals surface area contributed by atoms with Gasteiger partial charge in [0, 0.05) is 11.1 Å². The van der Waals surface area contributed by atoms with E-state index >= 15 is 0 Å². The lowest BCUT2D eigenvalue weighted by atomic mass is 10.1. The summed E-state index contributed by atoms with van der Waals surface area (Å²) in [5.74, 6) is 0.160. The van der Waals surface area contributed by atoms with Gasteiger partial charge in [-0.25, -0.2) is 4.98 Å². The first-order valence-electron chi connectivity index (χ1n) is 9.69. The number of benzene rings is 2. The number of anilines is 3. The van der Waals surface area contributed by atoms with Gasteiger partial charge in [-0.15, -0.1) is 12.6 Å². The number of nitrogens with zero attached hydrogens (tertiary/aromatic N) is 2. The lowest BCUT2D eigenvalue weighted by molar-refractivity contribution is -0.137. The number of carbonyl (C=O) groups excluding carboxylic acids is 1. The van der Waals surface area contributed by atoms with Gasteiger partial charge in [0.25, 0.3) is 5.91 Å². The molecule has 11 heteroatoms. The molecule has 0 fully saturated rings. The molecule has 2 aromatic carbocycles. The van der Waals surface area contributed by atoms with Crippen LogP contribution in [0.4, 0.5) is 30.4 Å². The summed E-state index contributed by atoms with van der Waals surface area (Å²) in [6.07, 6.45) is -3.01. The van der Waals surface area contributed by atoms with E-state index < -0.39 is 17.6 Å². The monoisotopic (exact) mass is 495 g/mol. The highest BCUT2D eigenvalue weighted by Crippen LogP contribution is 2.41. The Morgan fingerprint density at radius 3 is 2.73 bits per heavy atom. The number of thiol groups is 1. The molecule has 6 nitrogen and oxygen atoms in total. The van der Waals surface area contributed by atoms with Gasteiger partial charge in [-0.3, -0.25) is 4.79 Å². The molecule has 0 atom stereocenters. The van der Waals surface area contributed by atoms with Gasteiger partial charge in [0.15, 0.2) is 11.6 Å². The maximum Gasteiger partial charge on any atom is 0.416 e. The Bertz CT molecular complexity index is 1220. The number of aliphatic hydroxyl groups is 1. The summed E-state index contributed by atoms with van der Waals surface area (Å²) >= 11 is 10.4. The fraction of sp³-hybridized carbons (Fsp3) is 0.182. The Kier molecular flexibility index (Phi) is 6.42. The summed E-state index contributed by atoms with van der Waals surface area (Å²) in [6.45, 7) is 0.464. The number of fused-ring (bicyclic) bond motifs is 1. The minimum absolute atomic E-state index is 0.0227. The molecule has 1 aromatic heterocycles. The summed E-state index contributed by atoms with van der Waals surface area (Å²) < 4.78 is 44.4. The van der Waals surface area contributed by atoms with E-state index in [1.165, 1.54) is 6.20 Å². The average Bonchev–Trinajstić information content (AvgIpc) is 2.78. The van der Waals surface area contributed by atoms with Crippen molar-refractivity contribution < 1.29 is 27.8 Å². The van der Waals surface area contributed by atoms with Gasteiger partial charge in [-0.1, -0.05) is 17.7 Å². The largest absolute Gasteiger partial charge is 0.489 e. The first kappa shape index (κ1) is 23.2. The van der Waals surface area contributed by atoms with Crippen LogP contribution in [-0.4, -0.2) is 29.1 Å². The molecule has 1 aliphatic heterocycles. The topological polar surface area (TPSA) is 74.7 Å². The number of halogens is 4. The number of pyridine rings is 1. The minimum Gasteiger partial charge on any atom is -0.489 e. The van der Waals surface area contributed by atoms with Crippen LogP contribution in [0.25, 0.3) is 0 Å². The van der Waals surface area contributed by atoms with Crippen LogP contribution in [0.1, 0.15) is 21.5 Å². The molecular formula is C22H17ClF3N3O3S. The first-order chi connectivity index (χ1) is 15.7. The van der Waals surface area contributed by atoms with E-state index in [-0.39, 0.29) is 35.1 Å². The molecular weight excluding hydrogens is 479 g/mol. The molecule has 33 heavy (non-hydrogen) atoms. The summed E-state index contributed by atoms with van der Waals surface area (Å²) in [6, 6.07) is 9.42. The van der Waals surface area contributed by atoms with Crippen molar-refractivity contribution in [1.82, 2.24) is 4.98 Å². The zero-order valence-electron chi connectivity index (χ0n) is 16.9. The molecule has 0 bridgehead atoms. The third-order valence-corrected chi connectivity index (χ3v) is 5.63. The van der Waals surface area contributed by atoms with E-state index in [2.05, 4.69) is 22.9 Å². The summed E-state index contributed by atoms with van der Waals surface area (Å²) in [7, 11) is 0. The number of para-hydroxylation sites is 1. The number of rotatable bonds is 4. The number of hydrogen-bond donors (Lipinski definition) is 3. The van der Waals surface area contributed by atoms with Gasteiger partial charge >= 0.3 is 6.18 Å². The number of ether oxygens (including phenoxy) is 1. The number of aromatic nitrogens is 1. The molecule has 2 N–H and O–H groups in total. The van der Waals surface area contributed by atoms with E-state index in [4.69, 9.17) is 16.3 Å². The number of amides is 1. The first-order valence-corrected chi connectivity index (χ1v) is 10.5. The van der Waals surface area contributed by atoms with Crippen LogP contribution in [0.5, 0.6) is 5.75 Å². The van der Waals surface area contributed by atoms with Crippen molar-refractivity contribution in [3.8, 4) is 5.75 Å². The van der Waals surface area contributed by atoms with Gasteiger partial charge in [0.2, 0.25) is 0 Å². The molecule has 172 valence electrons. The molecule has 0 aliphatic carbocycles. The van der Waals surface area contributed by atoms with Gasteiger partial charge < -0.3 is 20.1 Å². The number of carbonyl (C=O) groups is 1. The molecule has 2 heterocycles. The van der Waals surface area contributed by atoms with E-state index in [1.807, 2.05) is 0 Å². The Hall–Kier alpha value is -2.95. The van der Waals surface area contributed by atoms with Crippen LogP contribution >= 0.6 is 24.2 Å². The van der Waals surface area contributed by atoms with Crippen LogP contribution in [0.15, 0.2) is 53.6 Å². The van der Waals surface area contributed by atoms with Crippen LogP contribution in [-0.2, 0) is 12.8 Å². The minimum atomic E-state index is -4.51. The predicted octanol–water partition coefficient (Wildman–Crippen LogP) is 5.32. The maximum absolute atomic E-state index is 13.0. The second-order valence-corrected chi connectivity index (χ2v) is 8.03. The zero-order chi connectivity index (χ0) is 23.8. The second kappa shape index (κ2) is 9.12. The number of hydrogen-bond acceptors (Lipinski definition) is 6. The molecule has 0 saturated heterocycles. The van der Waals surface area contributed by atoms with E-state index in [1.54, 1.807) is 29.2 Å². The number of alkyl halides is 3. The van der Waals surface area contributed by atoms with Crippen molar-refractivity contribution in [3.05, 3.63) is 70.4 Å². The van der Waals surface area contributed by atoms with E-state index in [0.29, 0.717) is 28.6 Å². The molecule has 1 amide bonds. The fourth-order valence-electron chi connectivity index (χ4n) is 3.41. The second-order valence-electron chi connectivity index (χ2n) is 7.14.